The van der Waals surface area contributed by atoms with Gasteiger partial charge in [-0.1, -0.05) is 27.2 Å². The van der Waals surface area contributed by atoms with Gasteiger partial charge < -0.3 is 10.6 Å². The average molecular weight is 284 g/mol. The van der Waals surface area contributed by atoms with Gasteiger partial charge in [-0.3, -0.25) is 4.79 Å². The van der Waals surface area contributed by atoms with E-state index in [-0.39, 0.29) is 11.3 Å². The Morgan fingerprint density at radius 2 is 1.85 bits per heavy atom. The molecule has 1 unspecified atom stereocenters. The van der Waals surface area contributed by atoms with Gasteiger partial charge >= 0.3 is 0 Å². The van der Waals surface area contributed by atoms with Crippen molar-refractivity contribution < 1.29 is 13.6 Å². The largest absolute Gasteiger partial charge is 0.380 e. The normalized spacial score (nSPS) is 12.1. The highest BCUT2D eigenvalue weighted by Crippen LogP contribution is 2.20. The third-order valence-corrected chi connectivity index (χ3v) is 3.16. The van der Waals surface area contributed by atoms with Gasteiger partial charge in [0.15, 0.2) is 0 Å². The summed E-state index contributed by atoms with van der Waals surface area (Å²) in [5, 5.41) is 5.35. The summed E-state index contributed by atoms with van der Waals surface area (Å²) in [6, 6.07) is 2.13. The van der Waals surface area contributed by atoms with Gasteiger partial charge in [0.05, 0.1) is 0 Å². The molecule has 20 heavy (non-hydrogen) atoms. The van der Waals surface area contributed by atoms with Crippen LogP contribution in [0.4, 0.5) is 14.5 Å². The Labute approximate surface area is 118 Å². The van der Waals surface area contributed by atoms with Crippen LogP contribution in [0.3, 0.4) is 0 Å². The van der Waals surface area contributed by atoms with Crippen LogP contribution in [0, 0.1) is 17.6 Å². The Morgan fingerprint density at radius 1 is 1.25 bits per heavy atom. The minimum Gasteiger partial charge on any atom is -0.380 e. The maximum Gasteiger partial charge on any atom is 0.251 e. The molecule has 0 heterocycles. The van der Waals surface area contributed by atoms with Crippen LogP contribution in [0.1, 0.15) is 44.0 Å². The number of halogens is 2. The lowest BCUT2D eigenvalue weighted by molar-refractivity contribution is 0.0947. The second-order valence-corrected chi connectivity index (χ2v) is 4.97. The van der Waals surface area contributed by atoms with E-state index in [1.807, 2.05) is 20.8 Å². The fourth-order valence-corrected chi connectivity index (χ4v) is 1.64. The smallest absolute Gasteiger partial charge is 0.251 e. The molecule has 0 saturated heterocycles. The molecule has 0 aliphatic heterocycles. The zero-order valence-electron chi connectivity index (χ0n) is 12.2. The molecule has 1 amide bonds. The summed E-state index contributed by atoms with van der Waals surface area (Å²) >= 11 is 0. The Balaban J connectivity index is 2.79. The fraction of sp³-hybridized carbons (Fsp3) is 0.533. The lowest BCUT2D eigenvalue weighted by atomic mass is 10.1. The van der Waals surface area contributed by atoms with E-state index in [4.69, 9.17) is 0 Å². The van der Waals surface area contributed by atoms with Gasteiger partial charge in [0, 0.05) is 18.7 Å². The van der Waals surface area contributed by atoms with Crippen molar-refractivity contribution in [1.29, 1.82) is 0 Å². The molecule has 112 valence electrons. The molecule has 0 bridgehead atoms. The summed E-state index contributed by atoms with van der Waals surface area (Å²) in [4.78, 5) is 11.8. The van der Waals surface area contributed by atoms with Crippen LogP contribution in [0.2, 0.25) is 0 Å². The first-order valence-corrected chi connectivity index (χ1v) is 7.00. The first-order valence-electron chi connectivity index (χ1n) is 7.00. The molecule has 1 aromatic rings. The molecule has 0 aliphatic rings. The first kappa shape index (κ1) is 16.4. The number of rotatable bonds is 7. The second kappa shape index (κ2) is 7.82. The summed E-state index contributed by atoms with van der Waals surface area (Å²) in [6.45, 7) is 6.89. The Morgan fingerprint density at radius 3 is 2.35 bits per heavy atom. The predicted molar refractivity (Wildman–Crippen MR) is 76.9 cm³/mol. The van der Waals surface area contributed by atoms with E-state index < -0.39 is 17.5 Å². The summed E-state index contributed by atoms with van der Waals surface area (Å²) in [5.74, 6) is -1.61. The monoisotopic (exact) mass is 284 g/mol. The molecule has 0 saturated carbocycles. The zero-order valence-corrected chi connectivity index (χ0v) is 12.2. The summed E-state index contributed by atoms with van der Waals surface area (Å²) in [5.41, 5.74) is -0.171. The van der Waals surface area contributed by atoms with Crippen LogP contribution >= 0.6 is 0 Å². The number of hydrogen-bond donors (Lipinski definition) is 2. The van der Waals surface area contributed by atoms with Crippen molar-refractivity contribution in [3.8, 4) is 0 Å². The number of hydrogen-bond acceptors (Lipinski definition) is 2. The van der Waals surface area contributed by atoms with Gasteiger partial charge in [-0.2, -0.15) is 0 Å². The average Bonchev–Trinajstić information content (AvgIpc) is 2.43. The predicted octanol–water partition coefficient (Wildman–Crippen LogP) is 3.56. The molecule has 1 aromatic carbocycles. The van der Waals surface area contributed by atoms with Crippen molar-refractivity contribution in [1.82, 2.24) is 5.32 Å². The second-order valence-electron chi connectivity index (χ2n) is 4.97. The maximum absolute atomic E-state index is 13.8. The fourth-order valence-electron chi connectivity index (χ4n) is 1.64. The molecule has 0 spiro atoms. The lowest BCUT2D eigenvalue weighted by Gasteiger charge is -2.12. The molecule has 1 rings (SSSR count). The summed E-state index contributed by atoms with van der Waals surface area (Å²) in [6.07, 6.45) is 1.69. The Kier molecular flexibility index (Phi) is 6.42. The van der Waals surface area contributed by atoms with E-state index in [1.54, 1.807) is 0 Å². The molecule has 0 fully saturated rings. The molecule has 2 N–H and O–H groups in total. The van der Waals surface area contributed by atoms with Crippen LogP contribution in [-0.2, 0) is 0 Å². The first-order chi connectivity index (χ1) is 9.49. The minimum atomic E-state index is -0.743. The third-order valence-electron chi connectivity index (χ3n) is 3.16. The van der Waals surface area contributed by atoms with Crippen molar-refractivity contribution in [3.05, 3.63) is 29.3 Å². The van der Waals surface area contributed by atoms with E-state index in [1.165, 1.54) is 0 Å². The highest BCUT2D eigenvalue weighted by molar-refractivity contribution is 5.94. The van der Waals surface area contributed by atoms with E-state index in [9.17, 15) is 13.6 Å². The SMILES string of the molecule is CCCNc1c(F)cc(C(=O)NCC(C)CC)cc1F. The van der Waals surface area contributed by atoms with Crippen LogP contribution in [-0.4, -0.2) is 19.0 Å². The molecular formula is C15H22F2N2O. The Bertz CT molecular complexity index is 440. The highest BCUT2D eigenvalue weighted by atomic mass is 19.1. The van der Waals surface area contributed by atoms with Crippen LogP contribution in [0.25, 0.3) is 0 Å². The molecular weight excluding hydrogens is 262 g/mol. The number of carbonyl (C=O) groups excluding carboxylic acids is 1. The van der Waals surface area contributed by atoms with Crippen molar-refractivity contribution in [2.45, 2.75) is 33.6 Å². The van der Waals surface area contributed by atoms with Gasteiger partial charge in [0.1, 0.15) is 17.3 Å². The number of carbonyl (C=O) groups is 1. The van der Waals surface area contributed by atoms with Crippen LogP contribution in [0.15, 0.2) is 12.1 Å². The molecule has 1 atom stereocenters. The van der Waals surface area contributed by atoms with Gasteiger partial charge in [-0.25, -0.2) is 8.78 Å². The van der Waals surface area contributed by atoms with E-state index in [0.29, 0.717) is 19.0 Å². The minimum absolute atomic E-state index is 0.00496. The van der Waals surface area contributed by atoms with Gasteiger partial charge in [-0.15, -0.1) is 0 Å². The Hall–Kier alpha value is -1.65. The quantitative estimate of drug-likeness (QED) is 0.803. The molecule has 5 heteroatoms. The number of amides is 1. The van der Waals surface area contributed by atoms with E-state index >= 15 is 0 Å². The zero-order chi connectivity index (χ0) is 15.1. The number of nitrogens with one attached hydrogen (secondary N) is 2. The number of anilines is 1. The van der Waals surface area contributed by atoms with Gasteiger partial charge in [-0.05, 0) is 24.5 Å². The highest BCUT2D eigenvalue weighted by Gasteiger charge is 2.15. The van der Waals surface area contributed by atoms with Gasteiger partial charge in [0.25, 0.3) is 5.91 Å². The van der Waals surface area contributed by atoms with Crippen molar-refractivity contribution in [3.63, 3.8) is 0 Å². The maximum atomic E-state index is 13.8. The summed E-state index contributed by atoms with van der Waals surface area (Å²) < 4.78 is 27.6. The molecule has 3 nitrogen and oxygen atoms in total. The lowest BCUT2D eigenvalue weighted by Crippen LogP contribution is -2.28. The van der Waals surface area contributed by atoms with Crippen LogP contribution < -0.4 is 10.6 Å². The van der Waals surface area contributed by atoms with E-state index in [0.717, 1.165) is 25.0 Å². The summed E-state index contributed by atoms with van der Waals surface area (Å²) in [7, 11) is 0. The van der Waals surface area contributed by atoms with Crippen LogP contribution in [0.5, 0.6) is 0 Å². The van der Waals surface area contributed by atoms with Crippen molar-refractivity contribution in [2.24, 2.45) is 5.92 Å². The molecule has 0 aliphatic carbocycles. The van der Waals surface area contributed by atoms with E-state index in [2.05, 4.69) is 10.6 Å². The standard InChI is InChI=1S/C15H22F2N2O/c1-4-6-18-14-12(16)7-11(8-13(14)17)15(20)19-9-10(3)5-2/h7-8,10,18H,4-6,9H2,1-3H3,(H,19,20). The molecule has 0 radical (unpaired) electrons. The topological polar surface area (TPSA) is 41.1 Å². The third kappa shape index (κ3) is 4.47. The van der Waals surface area contributed by atoms with Crippen molar-refractivity contribution in [2.75, 3.05) is 18.4 Å². The molecule has 0 aromatic heterocycles. The van der Waals surface area contributed by atoms with Gasteiger partial charge in [0.2, 0.25) is 0 Å². The number of benzene rings is 1. The van der Waals surface area contributed by atoms with Crippen molar-refractivity contribution >= 4 is 11.6 Å².